The van der Waals surface area contributed by atoms with E-state index in [1.54, 1.807) is 7.11 Å². The summed E-state index contributed by atoms with van der Waals surface area (Å²) in [5.41, 5.74) is 13.6. The van der Waals surface area contributed by atoms with E-state index in [2.05, 4.69) is 15.3 Å². The number of nitrogens with one attached hydrogen (secondary N) is 1. The van der Waals surface area contributed by atoms with Gasteiger partial charge >= 0.3 is 0 Å². The first-order valence-electron chi connectivity index (χ1n) is 5.39. The Hall–Kier alpha value is -2.50. The molecule has 0 saturated heterocycles. The minimum Gasteiger partial charge on any atom is -0.495 e. The van der Waals surface area contributed by atoms with Crippen LogP contribution in [-0.4, -0.2) is 17.1 Å². The summed E-state index contributed by atoms with van der Waals surface area (Å²) in [7, 11) is 1.60. The molecular weight excluding hydrogens is 230 g/mol. The molecule has 0 aliphatic rings. The second kappa shape index (κ2) is 4.79. The van der Waals surface area contributed by atoms with Crippen molar-refractivity contribution in [1.29, 1.82) is 0 Å². The van der Waals surface area contributed by atoms with E-state index in [1.165, 1.54) is 6.33 Å². The summed E-state index contributed by atoms with van der Waals surface area (Å²) in [6.45, 7) is 1.99. The first-order valence-corrected chi connectivity index (χ1v) is 5.39. The van der Waals surface area contributed by atoms with Crippen molar-refractivity contribution in [3.8, 4) is 5.75 Å². The molecule has 0 aliphatic carbocycles. The molecule has 0 amide bonds. The standard InChI is InChI=1S/C12H15N5O/c1-7-3-4-9(18-2)8(5-7)17-12-10(13)11(14)15-6-16-12/h3-6H,13H2,1-2H3,(H3,14,15,16,17). The van der Waals surface area contributed by atoms with E-state index >= 15 is 0 Å². The molecule has 1 aromatic heterocycles. The van der Waals surface area contributed by atoms with Gasteiger partial charge in [0, 0.05) is 0 Å². The first kappa shape index (κ1) is 12.0. The highest BCUT2D eigenvalue weighted by Gasteiger charge is 2.08. The number of rotatable bonds is 3. The SMILES string of the molecule is COc1ccc(C)cc1Nc1ncnc(N)c1N. The third kappa shape index (κ3) is 2.27. The lowest BCUT2D eigenvalue weighted by molar-refractivity contribution is 0.416. The Balaban J connectivity index is 2.39. The molecule has 2 aromatic rings. The van der Waals surface area contributed by atoms with Gasteiger partial charge in [0.25, 0.3) is 0 Å². The van der Waals surface area contributed by atoms with Crippen LogP contribution < -0.4 is 21.5 Å². The van der Waals surface area contributed by atoms with Crippen LogP contribution in [0.3, 0.4) is 0 Å². The zero-order chi connectivity index (χ0) is 13.1. The lowest BCUT2D eigenvalue weighted by atomic mass is 10.2. The van der Waals surface area contributed by atoms with E-state index in [0.717, 1.165) is 11.3 Å². The van der Waals surface area contributed by atoms with Crippen LogP contribution >= 0.6 is 0 Å². The van der Waals surface area contributed by atoms with Crippen molar-refractivity contribution in [3.63, 3.8) is 0 Å². The summed E-state index contributed by atoms with van der Waals surface area (Å²) in [6.07, 6.45) is 1.36. The lowest BCUT2D eigenvalue weighted by Gasteiger charge is -2.13. The van der Waals surface area contributed by atoms with Crippen molar-refractivity contribution in [2.24, 2.45) is 0 Å². The molecule has 6 nitrogen and oxygen atoms in total. The van der Waals surface area contributed by atoms with Crippen LogP contribution in [-0.2, 0) is 0 Å². The van der Waals surface area contributed by atoms with Crippen LogP contribution in [0.4, 0.5) is 23.0 Å². The summed E-state index contributed by atoms with van der Waals surface area (Å²) in [6, 6.07) is 5.77. The van der Waals surface area contributed by atoms with Gasteiger partial charge < -0.3 is 21.5 Å². The Bertz CT molecular complexity index is 570. The van der Waals surface area contributed by atoms with E-state index in [4.69, 9.17) is 16.2 Å². The monoisotopic (exact) mass is 245 g/mol. The van der Waals surface area contributed by atoms with Crippen molar-refractivity contribution >= 4 is 23.0 Å². The van der Waals surface area contributed by atoms with Crippen LogP contribution in [0.25, 0.3) is 0 Å². The number of benzene rings is 1. The number of aromatic nitrogens is 2. The van der Waals surface area contributed by atoms with Crippen molar-refractivity contribution < 1.29 is 4.74 Å². The number of nitrogen functional groups attached to an aromatic ring is 2. The second-order valence-electron chi connectivity index (χ2n) is 3.85. The molecule has 2 rings (SSSR count). The quantitative estimate of drug-likeness (QED) is 0.761. The maximum Gasteiger partial charge on any atom is 0.159 e. The summed E-state index contributed by atoms with van der Waals surface area (Å²) in [5, 5.41) is 3.09. The minimum absolute atomic E-state index is 0.249. The molecule has 6 heteroatoms. The van der Waals surface area contributed by atoms with Crippen molar-refractivity contribution in [2.75, 3.05) is 23.9 Å². The summed E-state index contributed by atoms with van der Waals surface area (Å²) < 4.78 is 5.26. The fraction of sp³-hybridized carbons (Fsp3) is 0.167. The zero-order valence-electron chi connectivity index (χ0n) is 10.3. The summed E-state index contributed by atoms with van der Waals surface area (Å²) in [4.78, 5) is 7.87. The van der Waals surface area contributed by atoms with Gasteiger partial charge in [-0.2, -0.15) is 0 Å². The van der Waals surface area contributed by atoms with Gasteiger partial charge in [-0.3, -0.25) is 0 Å². The van der Waals surface area contributed by atoms with E-state index in [1.807, 2.05) is 25.1 Å². The van der Waals surface area contributed by atoms with Gasteiger partial charge in [0.05, 0.1) is 12.8 Å². The Morgan fingerprint density at radius 1 is 1.22 bits per heavy atom. The predicted octanol–water partition coefficient (Wildman–Crippen LogP) is 1.70. The predicted molar refractivity (Wildman–Crippen MR) is 71.9 cm³/mol. The maximum absolute atomic E-state index is 5.81. The van der Waals surface area contributed by atoms with Crippen LogP contribution in [0, 0.1) is 6.92 Å². The molecule has 0 unspecified atom stereocenters. The van der Waals surface area contributed by atoms with E-state index in [-0.39, 0.29) is 5.82 Å². The number of nitrogens with zero attached hydrogens (tertiary/aromatic N) is 2. The molecule has 0 bridgehead atoms. The van der Waals surface area contributed by atoms with Gasteiger partial charge in [-0.25, -0.2) is 9.97 Å². The molecule has 0 radical (unpaired) electrons. The third-order valence-corrected chi connectivity index (χ3v) is 2.52. The number of hydrogen-bond donors (Lipinski definition) is 3. The molecule has 1 heterocycles. The average Bonchev–Trinajstić information content (AvgIpc) is 2.35. The zero-order valence-corrected chi connectivity index (χ0v) is 10.3. The smallest absolute Gasteiger partial charge is 0.159 e. The number of methoxy groups -OCH3 is 1. The minimum atomic E-state index is 0.249. The molecule has 94 valence electrons. The van der Waals surface area contributed by atoms with Gasteiger partial charge in [-0.05, 0) is 24.6 Å². The summed E-state index contributed by atoms with van der Waals surface area (Å²) in [5.74, 6) is 1.42. The number of ether oxygens (including phenoxy) is 1. The Morgan fingerprint density at radius 2 is 2.00 bits per heavy atom. The van der Waals surface area contributed by atoms with Gasteiger partial charge in [0.1, 0.15) is 17.8 Å². The third-order valence-electron chi connectivity index (χ3n) is 2.52. The molecule has 0 spiro atoms. The normalized spacial score (nSPS) is 10.1. The topological polar surface area (TPSA) is 99.1 Å². The molecule has 1 aromatic carbocycles. The molecule has 0 saturated carbocycles. The fourth-order valence-electron chi connectivity index (χ4n) is 1.56. The van der Waals surface area contributed by atoms with E-state index in [0.29, 0.717) is 17.3 Å². The van der Waals surface area contributed by atoms with Crippen LogP contribution in [0.5, 0.6) is 5.75 Å². The van der Waals surface area contributed by atoms with Crippen molar-refractivity contribution in [3.05, 3.63) is 30.1 Å². The molecule has 0 atom stereocenters. The number of anilines is 4. The Labute approximate surface area is 105 Å². The van der Waals surface area contributed by atoms with Crippen LogP contribution in [0.2, 0.25) is 0 Å². The molecule has 5 N–H and O–H groups in total. The number of nitrogens with two attached hydrogens (primary N) is 2. The van der Waals surface area contributed by atoms with Gasteiger partial charge in [-0.15, -0.1) is 0 Å². The highest BCUT2D eigenvalue weighted by Crippen LogP contribution is 2.30. The van der Waals surface area contributed by atoms with E-state index in [9.17, 15) is 0 Å². The Morgan fingerprint density at radius 3 is 2.72 bits per heavy atom. The lowest BCUT2D eigenvalue weighted by Crippen LogP contribution is -2.05. The van der Waals surface area contributed by atoms with Gasteiger partial charge in [0.2, 0.25) is 0 Å². The van der Waals surface area contributed by atoms with Gasteiger partial charge in [-0.1, -0.05) is 6.07 Å². The molecule has 18 heavy (non-hydrogen) atoms. The summed E-state index contributed by atoms with van der Waals surface area (Å²) >= 11 is 0. The second-order valence-corrected chi connectivity index (χ2v) is 3.85. The molecular formula is C12H15N5O. The highest BCUT2D eigenvalue weighted by molar-refractivity contribution is 5.78. The van der Waals surface area contributed by atoms with Crippen molar-refractivity contribution in [1.82, 2.24) is 9.97 Å². The van der Waals surface area contributed by atoms with Gasteiger partial charge in [0.15, 0.2) is 11.6 Å². The van der Waals surface area contributed by atoms with Crippen LogP contribution in [0.1, 0.15) is 5.56 Å². The number of aryl methyl sites for hydroxylation is 1. The van der Waals surface area contributed by atoms with Crippen molar-refractivity contribution in [2.45, 2.75) is 6.92 Å². The van der Waals surface area contributed by atoms with E-state index < -0.39 is 0 Å². The highest BCUT2D eigenvalue weighted by atomic mass is 16.5. The molecule has 0 fully saturated rings. The largest absolute Gasteiger partial charge is 0.495 e. The maximum atomic E-state index is 5.81. The van der Waals surface area contributed by atoms with Crippen LogP contribution in [0.15, 0.2) is 24.5 Å². The number of hydrogen-bond acceptors (Lipinski definition) is 6. The fourth-order valence-corrected chi connectivity index (χ4v) is 1.56. The first-order chi connectivity index (χ1) is 8.61. The molecule has 0 aliphatic heterocycles. The average molecular weight is 245 g/mol. The Kier molecular flexibility index (Phi) is 3.18.